The number of nitrogens with zero attached hydrogens (tertiary/aromatic N) is 2. The zero-order chi connectivity index (χ0) is 25.8. The molecule has 2 aromatic carbocycles. The van der Waals surface area contributed by atoms with E-state index in [9.17, 15) is 19.2 Å². The summed E-state index contributed by atoms with van der Waals surface area (Å²) in [5.41, 5.74) is 2.93. The predicted octanol–water partition coefficient (Wildman–Crippen LogP) is 6.23. The van der Waals surface area contributed by atoms with Crippen LogP contribution < -0.4 is 5.32 Å². The van der Waals surface area contributed by atoms with Crippen LogP contribution >= 0.6 is 11.3 Å². The molecule has 1 amide bonds. The lowest BCUT2D eigenvalue weighted by Gasteiger charge is -2.07. The predicted molar refractivity (Wildman–Crippen MR) is 139 cm³/mol. The normalized spacial score (nSPS) is 11.4. The number of hydrogen-bond acceptors (Lipinski definition) is 5. The molecule has 4 aromatic rings. The van der Waals surface area contributed by atoms with E-state index in [1.54, 1.807) is 38.2 Å². The number of benzene rings is 2. The van der Waals surface area contributed by atoms with E-state index in [1.165, 1.54) is 23.5 Å². The van der Waals surface area contributed by atoms with Gasteiger partial charge in [-0.25, -0.2) is 9.18 Å². The molecule has 4 rings (SSSR count). The Morgan fingerprint density at radius 1 is 1.17 bits per heavy atom. The summed E-state index contributed by atoms with van der Waals surface area (Å²) in [6.45, 7) is 5.86. The third-order valence-corrected chi connectivity index (χ3v) is 7.00. The number of hydrogen-bond donors (Lipinski definition) is 1. The number of nitriles is 1. The molecule has 0 spiro atoms. The van der Waals surface area contributed by atoms with Gasteiger partial charge in [-0.15, -0.1) is 11.3 Å². The number of amides is 1. The van der Waals surface area contributed by atoms with Crippen molar-refractivity contribution in [2.75, 3.05) is 11.9 Å². The summed E-state index contributed by atoms with van der Waals surface area (Å²) in [5.74, 6) is -1.45. The van der Waals surface area contributed by atoms with Crippen molar-refractivity contribution < 1.29 is 18.7 Å². The Bertz CT molecular complexity index is 1540. The van der Waals surface area contributed by atoms with Crippen LogP contribution in [0.1, 0.15) is 38.8 Å². The molecular weight excluding hydrogens is 477 g/mol. The van der Waals surface area contributed by atoms with Crippen molar-refractivity contribution in [3.05, 3.63) is 93.2 Å². The minimum absolute atomic E-state index is 0.123. The van der Waals surface area contributed by atoms with Crippen molar-refractivity contribution >= 4 is 45.2 Å². The van der Waals surface area contributed by atoms with Crippen LogP contribution in [0.15, 0.2) is 60.3 Å². The van der Waals surface area contributed by atoms with Crippen LogP contribution in [-0.4, -0.2) is 23.1 Å². The molecule has 0 bridgehead atoms. The fourth-order valence-corrected chi connectivity index (χ4v) is 5.01. The largest absolute Gasteiger partial charge is 0.462 e. The molecule has 0 aliphatic heterocycles. The van der Waals surface area contributed by atoms with E-state index in [-0.39, 0.29) is 18.0 Å². The number of fused-ring (bicyclic) bond motifs is 1. The van der Waals surface area contributed by atoms with Crippen LogP contribution in [0.3, 0.4) is 0 Å². The van der Waals surface area contributed by atoms with Gasteiger partial charge in [0.05, 0.1) is 18.7 Å². The van der Waals surface area contributed by atoms with E-state index in [2.05, 4.69) is 5.32 Å². The smallest absolute Gasteiger partial charge is 0.341 e. The molecule has 2 heterocycles. The molecule has 2 aromatic heterocycles. The first kappa shape index (κ1) is 24.9. The lowest BCUT2D eigenvalue weighted by molar-refractivity contribution is -0.112. The van der Waals surface area contributed by atoms with Crippen molar-refractivity contribution in [3.63, 3.8) is 0 Å². The maximum atomic E-state index is 14.3. The zero-order valence-corrected chi connectivity index (χ0v) is 20.9. The van der Waals surface area contributed by atoms with E-state index < -0.39 is 11.9 Å². The fourth-order valence-electron chi connectivity index (χ4n) is 3.97. The average Bonchev–Trinajstić information content (AvgIpc) is 3.35. The van der Waals surface area contributed by atoms with Crippen molar-refractivity contribution in [3.8, 4) is 6.07 Å². The van der Waals surface area contributed by atoms with Gasteiger partial charge in [-0.2, -0.15) is 5.26 Å². The van der Waals surface area contributed by atoms with Crippen LogP contribution in [0.2, 0.25) is 0 Å². The summed E-state index contributed by atoms with van der Waals surface area (Å²) in [5, 5.41) is 13.7. The Balaban J connectivity index is 1.69. The van der Waals surface area contributed by atoms with Crippen molar-refractivity contribution in [2.24, 2.45) is 0 Å². The highest BCUT2D eigenvalue weighted by Crippen LogP contribution is 2.33. The standard InChI is InChI=1S/C28H24FN3O3S/c1-4-35-28(34)25-17(2)18(3)36-27(25)31-26(33)20(14-30)13-21-16-32(24-12-8-6-10-22(21)24)15-19-9-5-7-11-23(19)29/h5-13,16H,4,15H2,1-3H3,(H,31,33). The van der Waals surface area contributed by atoms with Gasteiger partial charge < -0.3 is 14.6 Å². The number of aromatic nitrogens is 1. The van der Waals surface area contributed by atoms with Gasteiger partial charge in [0.15, 0.2) is 0 Å². The topological polar surface area (TPSA) is 84.1 Å². The SMILES string of the molecule is CCOC(=O)c1c(NC(=O)C(C#N)=Cc2cn(Cc3ccccc3F)c3ccccc23)sc(C)c1C. The Morgan fingerprint density at radius 2 is 1.89 bits per heavy atom. The molecule has 0 fully saturated rings. The molecule has 0 radical (unpaired) electrons. The summed E-state index contributed by atoms with van der Waals surface area (Å²) in [6, 6.07) is 16.1. The van der Waals surface area contributed by atoms with Crippen molar-refractivity contribution in [2.45, 2.75) is 27.3 Å². The highest BCUT2D eigenvalue weighted by molar-refractivity contribution is 7.16. The number of carbonyl (C=O) groups excluding carboxylic acids is 2. The quantitative estimate of drug-likeness (QED) is 0.185. The molecule has 182 valence electrons. The van der Waals surface area contributed by atoms with Gasteiger partial charge in [0.1, 0.15) is 22.5 Å². The molecule has 6 nitrogen and oxygen atoms in total. The van der Waals surface area contributed by atoms with Crippen LogP contribution in [0.4, 0.5) is 9.39 Å². The number of anilines is 1. The van der Waals surface area contributed by atoms with Gasteiger partial charge in [0, 0.05) is 33.1 Å². The molecule has 8 heteroatoms. The zero-order valence-electron chi connectivity index (χ0n) is 20.1. The Labute approximate surface area is 212 Å². The monoisotopic (exact) mass is 501 g/mol. The van der Waals surface area contributed by atoms with Crippen LogP contribution in [0, 0.1) is 31.0 Å². The molecule has 0 unspecified atom stereocenters. The molecule has 0 aliphatic rings. The first-order chi connectivity index (χ1) is 17.3. The number of ether oxygens (including phenoxy) is 1. The lowest BCUT2D eigenvalue weighted by atomic mass is 10.1. The average molecular weight is 502 g/mol. The summed E-state index contributed by atoms with van der Waals surface area (Å²) in [7, 11) is 0. The number of carbonyl (C=O) groups is 2. The molecule has 36 heavy (non-hydrogen) atoms. The number of halogens is 1. The number of esters is 1. The summed E-state index contributed by atoms with van der Waals surface area (Å²) in [4.78, 5) is 26.4. The molecule has 1 N–H and O–H groups in total. The van der Waals surface area contributed by atoms with Gasteiger partial charge in [-0.3, -0.25) is 4.79 Å². The van der Waals surface area contributed by atoms with E-state index in [4.69, 9.17) is 4.74 Å². The van der Waals surface area contributed by atoms with Gasteiger partial charge in [-0.1, -0.05) is 36.4 Å². The first-order valence-electron chi connectivity index (χ1n) is 11.4. The third-order valence-electron chi connectivity index (χ3n) is 5.87. The van der Waals surface area contributed by atoms with Crippen molar-refractivity contribution in [1.29, 1.82) is 5.26 Å². The van der Waals surface area contributed by atoms with Crippen LogP contribution in [-0.2, 0) is 16.1 Å². The second-order valence-electron chi connectivity index (χ2n) is 8.15. The highest BCUT2D eigenvalue weighted by atomic mass is 32.1. The summed E-state index contributed by atoms with van der Waals surface area (Å²) >= 11 is 1.26. The highest BCUT2D eigenvalue weighted by Gasteiger charge is 2.23. The molecule has 0 saturated carbocycles. The van der Waals surface area contributed by atoms with Crippen molar-refractivity contribution in [1.82, 2.24) is 4.57 Å². The Kier molecular flexibility index (Phi) is 7.32. The molecule has 0 atom stereocenters. The third kappa shape index (κ3) is 4.92. The Morgan fingerprint density at radius 3 is 2.61 bits per heavy atom. The molecule has 0 aliphatic carbocycles. The van der Waals surface area contributed by atoms with E-state index in [0.717, 1.165) is 21.3 Å². The second-order valence-corrected chi connectivity index (χ2v) is 9.38. The van der Waals surface area contributed by atoms with Gasteiger partial charge >= 0.3 is 5.97 Å². The first-order valence-corrected chi connectivity index (χ1v) is 12.2. The number of aryl methyl sites for hydroxylation is 1. The van der Waals surface area contributed by atoms with Gasteiger partial charge in [-0.05, 0) is 44.5 Å². The summed E-state index contributed by atoms with van der Waals surface area (Å²) in [6.07, 6.45) is 3.30. The van der Waals surface area contributed by atoms with E-state index in [0.29, 0.717) is 28.2 Å². The Hall–Kier alpha value is -4.22. The number of rotatable bonds is 7. The fraction of sp³-hybridized carbons (Fsp3) is 0.179. The van der Waals surface area contributed by atoms with Crippen LogP contribution in [0.25, 0.3) is 17.0 Å². The number of nitrogens with one attached hydrogen (secondary N) is 1. The van der Waals surface area contributed by atoms with Gasteiger partial charge in [0.2, 0.25) is 0 Å². The minimum atomic E-state index is -0.629. The second kappa shape index (κ2) is 10.6. The number of thiophene rings is 1. The van der Waals surface area contributed by atoms with Gasteiger partial charge in [0.25, 0.3) is 5.91 Å². The summed E-state index contributed by atoms with van der Waals surface area (Å²) < 4.78 is 21.3. The van der Waals surface area contributed by atoms with E-state index in [1.807, 2.05) is 41.8 Å². The minimum Gasteiger partial charge on any atom is -0.462 e. The van der Waals surface area contributed by atoms with E-state index >= 15 is 0 Å². The molecular formula is C28H24FN3O3S. The molecule has 0 saturated heterocycles. The lowest BCUT2D eigenvalue weighted by Crippen LogP contribution is -2.16. The number of para-hydroxylation sites is 1. The maximum Gasteiger partial charge on any atom is 0.341 e. The van der Waals surface area contributed by atoms with Crippen LogP contribution in [0.5, 0.6) is 0 Å². The maximum absolute atomic E-state index is 14.3.